The average molecular weight is 454 g/mol. The van der Waals surface area contributed by atoms with Crippen LogP contribution in [0.25, 0.3) is 10.9 Å². The van der Waals surface area contributed by atoms with Crippen molar-refractivity contribution in [3.8, 4) is 11.5 Å². The van der Waals surface area contributed by atoms with Crippen molar-refractivity contribution >= 4 is 22.7 Å². The first kappa shape index (κ1) is 23.6. The number of rotatable bonds is 8. The predicted molar refractivity (Wildman–Crippen MR) is 123 cm³/mol. The highest BCUT2D eigenvalue weighted by molar-refractivity contribution is 5.96. The summed E-state index contributed by atoms with van der Waals surface area (Å²) in [6, 6.07) is 11.2. The molecule has 0 saturated heterocycles. The molecular weight excluding hydrogens is 428 g/mol. The SMILES string of the molecule is CCCOc1ccc(C(=O)NNC(=O)Cn2c(=O)n(CC)c(=O)c3ccccc32)cc1OC. The number of hydrazine groups is 1. The molecule has 10 heteroatoms. The van der Waals surface area contributed by atoms with Gasteiger partial charge in [0.1, 0.15) is 6.54 Å². The van der Waals surface area contributed by atoms with Crippen LogP contribution >= 0.6 is 0 Å². The van der Waals surface area contributed by atoms with Crippen LogP contribution < -0.4 is 31.6 Å². The third-order valence-electron chi connectivity index (χ3n) is 4.95. The van der Waals surface area contributed by atoms with Crippen molar-refractivity contribution in [1.82, 2.24) is 20.0 Å². The van der Waals surface area contributed by atoms with Crippen LogP contribution in [0.1, 0.15) is 30.6 Å². The van der Waals surface area contributed by atoms with Gasteiger partial charge in [-0.05, 0) is 43.7 Å². The number of methoxy groups -OCH3 is 1. The maximum atomic E-state index is 12.7. The first-order valence-corrected chi connectivity index (χ1v) is 10.5. The summed E-state index contributed by atoms with van der Waals surface area (Å²) < 4.78 is 13.1. The van der Waals surface area contributed by atoms with Crippen molar-refractivity contribution in [2.45, 2.75) is 33.4 Å². The monoisotopic (exact) mass is 454 g/mol. The Labute approximate surface area is 189 Å². The average Bonchev–Trinajstić information content (AvgIpc) is 2.84. The number of carbonyl (C=O) groups is 2. The Hall–Kier alpha value is -4.08. The number of nitrogens with zero attached hydrogens (tertiary/aromatic N) is 2. The van der Waals surface area contributed by atoms with E-state index in [1.165, 1.54) is 17.7 Å². The first-order chi connectivity index (χ1) is 15.9. The minimum atomic E-state index is -0.633. The summed E-state index contributed by atoms with van der Waals surface area (Å²) in [6.07, 6.45) is 0.825. The van der Waals surface area contributed by atoms with Crippen LogP contribution in [0.15, 0.2) is 52.1 Å². The number of hydrogen-bond acceptors (Lipinski definition) is 6. The normalized spacial score (nSPS) is 10.6. The van der Waals surface area contributed by atoms with E-state index in [0.29, 0.717) is 29.0 Å². The first-order valence-electron chi connectivity index (χ1n) is 10.5. The van der Waals surface area contributed by atoms with Crippen molar-refractivity contribution in [2.24, 2.45) is 0 Å². The molecule has 0 bridgehead atoms. The third kappa shape index (κ3) is 5.05. The van der Waals surface area contributed by atoms with Gasteiger partial charge in [0.2, 0.25) is 0 Å². The summed E-state index contributed by atoms with van der Waals surface area (Å²) in [5.41, 5.74) is 4.20. The van der Waals surface area contributed by atoms with E-state index in [1.807, 2.05) is 6.92 Å². The standard InChI is InChI=1S/C23H26N4O6/c1-4-12-33-18-11-10-15(13-19(18)32-3)21(29)25-24-20(28)14-27-17-9-7-6-8-16(17)22(30)26(5-2)23(27)31/h6-11,13H,4-5,12,14H2,1-3H3,(H,24,28)(H,25,29). The van der Waals surface area contributed by atoms with Gasteiger partial charge in [0, 0.05) is 12.1 Å². The Morgan fingerprint density at radius 1 is 0.970 bits per heavy atom. The summed E-state index contributed by atoms with van der Waals surface area (Å²) >= 11 is 0. The molecule has 0 aliphatic heterocycles. The smallest absolute Gasteiger partial charge is 0.331 e. The van der Waals surface area contributed by atoms with Crippen LogP contribution in [0.4, 0.5) is 0 Å². The Morgan fingerprint density at radius 3 is 2.42 bits per heavy atom. The zero-order valence-corrected chi connectivity index (χ0v) is 18.7. The van der Waals surface area contributed by atoms with Crippen LogP contribution in [0, 0.1) is 0 Å². The molecule has 174 valence electrons. The van der Waals surface area contributed by atoms with E-state index in [-0.39, 0.29) is 18.7 Å². The van der Waals surface area contributed by atoms with E-state index < -0.39 is 23.1 Å². The van der Waals surface area contributed by atoms with Gasteiger partial charge >= 0.3 is 5.69 Å². The van der Waals surface area contributed by atoms with Crippen molar-refractivity contribution in [3.63, 3.8) is 0 Å². The van der Waals surface area contributed by atoms with Crippen molar-refractivity contribution < 1.29 is 19.1 Å². The second-order valence-corrected chi connectivity index (χ2v) is 7.15. The molecule has 10 nitrogen and oxygen atoms in total. The van der Waals surface area contributed by atoms with Gasteiger partial charge in [-0.2, -0.15) is 0 Å². The van der Waals surface area contributed by atoms with Gasteiger partial charge in [-0.25, -0.2) is 4.79 Å². The molecule has 1 aromatic heterocycles. The molecule has 3 rings (SSSR count). The fraction of sp³-hybridized carbons (Fsp3) is 0.304. The molecule has 0 radical (unpaired) electrons. The minimum absolute atomic E-state index is 0.167. The molecule has 0 atom stereocenters. The zero-order valence-electron chi connectivity index (χ0n) is 18.7. The number of para-hydroxylation sites is 1. The summed E-state index contributed by atoms with van der Waals surface area (Å²) in [4.78, 5) is 50.2. The second kappa shape index (κ2) is 10.5. The van der Waals surface area contributed by atoms with Gasteiger partial charge in [0.05, 0.1) is 24.6 Å². The highest BCUT2D eigenvalue weighted by Crippen LogP contribution is 2.28. The molecule has 2 N–H and O–H groups in total. The molecule has 3 aromatic rings. The number of nitrogens with one attached hydrogen (secondary N) is 2. The molecule has 33 heavy (non-hydrogen) atoms. The van der Waals surface area contributed by atoms with Gasteiger partial charge in [0.25, 0.3) is 17.4 Å². The number of carbonyl (C=O) groups excluding carboxylic acids is 2. The Balaban J connectivity index is 1.75. The Bertz CT molecular complexity index is 1290. The lowest BCUT2D eigenvalue weighted by Crippen LogP contribution is -2.46. The quantitative estimate of drug-likeness (QED) is 0.497. The maximum absolute atomic E-state index is 12.7. The van der Waals surface area contributed by atoms with E-state index in [9.17, 15) is 19.2 Å². The van der Waals surface area contributed by atoms with Gasteiger partial charge in [0.15, 0.2) is 11.5 Å². The van der Waals surface area contributed by atoms with Crippen molar-refractivity contribution in [1.29, 1.82) is 0 Å². The predicted octanol–water partition coefficient (Wildman–Crippen LogP) is 1.44. The number of amides is 2. The lowest BCUT2D eigenvalue weighted by Gasteiger charge is -2.14. The van der Waals surface area contributed by atoms with E-state index in [1.54, 1.807) is 43.3 Å². The number of aromatic nitrogens is 2. The molecule has 1 heterocycles. The van der Waals surface area contributed by atoms with Gasteiger partial charge in [-0.1, -0.05) is 19.1 Å². The summed E-state index contributed by atoms with van der Waals surface area (Å²) in [7, 11) is 1.47. The lowest BCUT2D eigenvalue weighted by atomic mass is 10.2. The molecular formula is C23H26N4O6. The Morgan fingerprint density at radius 2 is 1.73 bits per heavy atom. The topological polar surface area (TPSA) is 121 Å². The summed E-state index contributed by atoms with van der Waals surface area (Å²) in [6.45, 7) is 3.95. The minimum Gasteiger partial charge on any atom is -0.493 e. The van der Waals surface area contributed by atoms with Crippen LogP contribution in [0.5, 0.6) is 11.5 Å². The van der Waals surface area contributed by atoms with Crippen LogP contribution in [-0.2, 0) is 17.9 Å². The lowest BCUT2D eigenvalue weighted by molar-refractivity contribution is -0.122. The molecule has 0 saturated carbocycles. The number of fused-ring (bicyclic) bond motifs is 1. The van der Waals surface area contributed by atoms with Gasteiger partial charge in [-0.3, -0.25) is 34.4 Å². The van der Waals surface area contributed by atoms with Crippen LogP contribution in [0.2, 0.25) is 0 Å². The van der Waals surface area contributed by atoms with Crippen LogP contribution in [-0.4, -0.2) is 34.7 Å². The van der Waals surface area contributed by atoms with E-state index in [4.69, 9.17) is 9.47 Å². The fourth-order valence-electron chi connectivity index (χ4n) is 3.32. The van der Waals surface area contributed by atoms with E-state index in [0.717, 1.165) is 11.0 Å². The maximum Gasteiger partial charge on any atom is 0.331 e. The fourth-order valence-corrected chi connectivity index (χ4v) is 3.32. The summed E-state index contributed by atoms with van der Waals surface area (Å²) in [5.74, 6) is -0.300. The van der Waals surface area contributed by atoms with Gasteiger partial charge < -0.3 is 9.47 Å². The molecule has 0 spiro atoms. The number of benzene rings is 2. The van der Waals surface area contributed by atoms with E-state index >= 15 is 0 Å². The van der Waals surface area contributed by atoms with Crippen molar-refractivity contribution in [2.75, 3.05) is 13.7 Å². The zero-order chi connectivity index (χ0) is 24.0. The van der Waals surface area contributed by atoms with E-state index in [2.05, 4.69) is 10.9 Å². The molecule has 2 amide bonds. The molecule has 0 fully saturated rings. The molecule has 0 unspecified atom stereocenters. The molecule has 2 aromatic carbocycles. The summed E-state index contributed by atoms with van der Waals surface area (Å²) in [5, 5.41) is 0.327. The molecule has 0 aliphatic rings. The van der Waals surface area contributed by atoms with Crippen LogP contribution in [0.3, 0.4) is 0 Å². The second-order valence-electron chi connectivity index (χ2n) is 7.15. The van der Waals surface area contributed by atoms with Gasteiger partial charge in [-0.15, -0.1) is 0 Å². The number of ether oxygens (including phenoxy) is 2. The van der Waals surface area contributed by atoms with Crippen molar-refractivity contribution in [3.05, 3.63) is 68.9 Å². The number of hydrogen-bond donors (Lipinski definition) is 2. The Kier molecular flexibility index (Phi) is 7.50. The highest BCUT2D eigenvalue weighted by Gasteiger charge is 2.16. The molecule has 0 aliphatic carbocycles. The largest absolute Gasteiger partial charge is 0.493 e. The highest BCUT2D eigenvalue weighted by atomic mass is 16.5. The third-order valence-corrected chi connectivity index (χ3v) is 4.95.